The van der Waals surface area contributed by atoms with Gasteiger partial charge < -0.3 is 31.1 Å². The molecule has 4 aliphatic rings. The third-order valence-corrected chi connectivity index (χ3v) is 9.65. The Hall–Kier alpha value is -5.00. The van der Waals surface area contributed by atoms with E-state index in [4.69, 9.17) is 0 Å². The number of fused-ring (bicyclic) bond motifs is 6. The highest BCUT2D eigenvalue weighted by Gasteiger charge is 2.42. The van der Waals surface area contributed by atoms with Crippen molar-refractivity contribution in [1.82, 2.24) is 31.1 Å². The summed E-state index contributed by atoms with van der Waals surface area (Å²) in [6.07, 6.45) is 5.95. The first-order valence-corrected chi connectivity index (χ1v) is 16.8. The highest BCUT2D eigenvalue weighted by molar-refractivity contribution is 5.99. The van der Waals surface area contributed by atoms with E-state index in [1.165, 1.54) is 9.80 Å². The molecule has 6 atom stereocenters. The first-order valence-electron chi connectivity index (χ1n) is 16.8. The average molecular weight is 655 g/mol. The minimum atomic E-state index is -1.02. The van der Waals surface area contributed by atoms with Crippen molar-refractivity contribution >= 4 is 35.4 Å². The second-order valence-electron chi connectivity index (χ2n) is 12.9. The van der Waals surface area contributed by atoms with Crippen LogP contribution in [0.3, 0.4) is 0 Å². The van der Waals surface area contributed by atoms with Crippen LogP contribution in [-0.4, -0.2) is 94.6 Å². The van der Waals surface area contributed by atoms with Gasteiger partial charge in [-0.2, -0.15) is 0 Å². The van der Waals surface area contributed by atoms with Gasteiger partial charge in [0.05, 0.1) is 0 Å². The van der Waals surface area contributed by atoms with E-state index in [2.05, 4.69) is 21.3 Å². The molecule has 12 heteroatoms. The van der Waals surface area contributed by atoms with Gasteiger partial charge in [-0.1, -0.05) is 72.8 Å². The lowest BCUT2D eigenvalue weighted by Crippen LogP contribution is -2.61. The quantitative estimate of drug-likeness (QED) is 0.357. The molecule has 252 valence electrons. The SMILES string of the molecule is O=C1N[C@@H]2C/C=C\C[C@@H](NC(=O)[C@@H](Cc3ccccc3)NC(=O)[C@@H]3CCCN3C2=O)C(=O)N2CCC[C@H]2C(=O)N[C@H]1Cc1ccccc1. The molecule has 6 rings (SSSR count). The second-order valence-corrected chi connectivity index (χ2v) is 12.9. The highest BCUT2D eigenvalue weighted by atomic mass is 16.2. The Labute approximate surface area is 279 Å². The van der Waals surface area contributed by atoms with Crippen LogP contribution in [0.1, 0.15) is 49.7 Å². The van der Waals surface area contributed by atoms with E-state index >= 15 is 0 Å². The molecule has 48 heavy (non-hydrogen) atoms. The van der Waals surface area contributed by atoms with Gasteiger partial charge in [-0.05, 0) is 49.7 Å². The zero-order chi connectivity index (χ0) is 33.6. The zero-order valence-corrected chi connectivity index (χ0v) is 26.8. The highest BCUT2D eigenvalue weighted by Crippen LogP contribution is 2.23. The zero-order valence-electron chi connectivity index (χ0n) is 26.8. The Balaban J connectivity index is 1.38. The van der Waals surface area contributed by atoms with Crippen LogP contribution < -0.4 is 21.3 Å². The van der Waals surface area contributed by atoms with Crippen LogP contribution in [0.4, 0.5) is 0 Å². The lowest BCUT2D eigenvalue weighted by molar-refractivity contribution is -0.144. The molecule has 12 nitrogen and oxygen atoms in total. The van der Waals surface area contributed by atoms with Gasteiger partial charge in [-0.25, -0.2) is 0 Å². The first kappa shape index (κ1) is 32.9. The van der Waals surface area contributed by atoms with Gasteiger partial charge in [0.1, 0.15) is 36.3 Å². The van der Waals surface area contributed by atoms with Crippen molar-refractivity contribution in [2.75, 3.05) is 13.1 Å². The molecule has 6 amide bonds. The molecular weight excluding hydrogens is 612 g/mol. The van der Waals surface area contributed by atoms with Gasteiger partial charge >= 0.3 is 0 Å². The van der Waals surface area contributed by atoms with Gasteiger partial charge in [-0.3, -0.25) is 28.8 Å². The second kappa shape index (κ2) is 14.8. The Bertz CT molecular complexity index is 1450. The van der Waals surface area contributed by atoms with Crippen molar-refractivity contribution in [3.05, 3.63) is 83.9 Å². The van der Waals surface area contributed by atoms with Crippen LogP contribution in [0, 0.1) is 0 Å². The van der Waals surface area contributed by atoms with E-state index < -0.39 is 71.7 Å². The van der Waals surface area contributed by atoms with E-state index in [0.717, 1.165) is 11.1 Å². The van der Waals surface area contributed by atoms with Crippen molar-refractivity contribution in [3.8, 4) is 0 Å². The standard InChI is InChI=1S/C36H42N6O6/c43-31-27(21-23-11-3-1-4-12-23)39-33(45)29-17-9-19-41(29)36(48)26-16-8-7-15-25(37-31)35(47)42-20-10-18-30(42)34(46)40-28(32(44)38-26)22-24-13-5-2-6-14-24/h1-8,11-14,25-30H,9-10,15-22H2,(H,37,43)(H,38,44)(H,39,45)(H,40,46)/b8-7-/t25-,26-,27-,28+,29+,30+/m1/s1. The largest absolute Gasteiger partial charge is 0.342 e. The van der Waals surface area contributed by atoms with Crippen molar-refractivity contribution in [2.24, 2.45) is 0 Å². The molecule has 0 spiro atoms. The number of hydrogen-bond donors (Lipinski definition) is 4. The number of amides is 6. The first-order chi connectivity index (χ1) is 23.3. The molecule has 0 saturated carbocycles. The topological polar surface area (TPSA) is 157 Å². The molecule has 2 bridgehead atoms. The normalized spacial score (nSPS) is 29.3. The predicted octanol–water partition coefficient (Wildman–Crippen LogP) is 0.757. The van der Waals surface area contributed by atoms with Crippen LogP contribution in [0.25, 0.3) is 0 Å². The molecule has 0 unspecified atom stereocenters. The van der Waals surface area contributed by atoms with E-state index in [0.29, 0.717) is 38.8 Å². The summed E-state index contributed by atoms with van der Waals surface area (Å²) in [6, 6.07) is 12.7. The van der Waals surface area contributed by atoms with E-state index in [-0.39, 0.29) is 25.7 Å². The fourth-order valence-corrected chi connectivity index (χ4v) is 7.11. The van der Waals surface area contributed by atoms with Crippen molar-refractivity contribution in [3.63, 3.8) is 0 Å². The van der Waals surface area contributed by atoms with Gasteiger partial charge in [0.15, 0.2) is 0 Å². The van der Waals surface area contributed by atoms with Crippen molar-refractivity contribution < 1.29 is 28.8 Å². The summed E-state index contributed by atoms with van der Waals surface area (Å²) in [5, 5.41) is 11.5. The summed E-state index contributed by atoms with van der Waals surface area (Å²) in [4.78, 5) is 86.7. The minimum Gasteiger partial charge on any atom is -0.342 e. The van der Waals surface area contributed by atoms with Crippen LogP contribution in [0.5, 0.6) is 0 Å². The summed E-state index contributed by atoms with van der Waals surface area (Å²) in [6.45, 7) is 0.641. The maximum Gasteiger partial charge on any atom is 0.246 e. The average Bonchev–Trinajstić information content (AvgIpc) is 3.79. The summed E-state index contributed by atoms with van der Waals surface area (Å²) in [5.41, 5.74) is 1.62. The Kier molecular flexibility index (Phi) is 10.2. The van der Waals surface area contributed by atoms with Gasteiger partial charge in [0.2, 0.25) is 35.4 Å². The molecule has 4 aliphatic heterocycles. The number of carbonyl (C=O) groups is 6. The van der Waals surface area contributed by atoms with Crippen LogP contribution in [-0.2, 0) is 41.6 Å². The Morgan fingerprint density at radius 1 is 0.521 bits per heavy atom. The number of nitrogens with one attached hydrogen (secondary N) is 4. The number of carbonyl (C=O) groups excluding carboxylic acids is 6. The van der Waals surface area contributed by atoms with E-state index in [9.17, 15) is 28.8 Å². The Morgan fingerprint density at radius 2 is 0.917 bits per heavy atom. The van der Waals surface area contributed by atoms with Gasteiger partial charge in [-0.15, -0.1) is 0 Å². The van der Waals surface area contributed by atoms with Gasteiger partial charge in [0.25, 0.3) is 0 Å². The molecule has 0 aliphatic carbocycles. The smallest absolute Gasteiger partial charge is 0.246 e. The molecular formula is C36H42N6O6. The third kappa shape index (κ3) is 7.42. The fourth-order valence-electron chi connectivity index (χ4n) is 7.11. The maximum atomic E-state index is 14.1. The van der Waals surface area contributed by atoms with Crippen LogP contribution >= 0.6 is 0 Å². The minimum absolute atomic E-state index is 0.0965. The van der Waals surface area contributed by atoms with E-state index in [1.54, 1.807) is 12.2 Å². The van der Waals surface area contributed by atoms with E-state index in [1.807, 2.05) is 60.7 Å². The predicted molar refractivity (Wildman–Crippen MR) is 176 cm³/mol. The van der Waals surface area contributed by atoms with Crippen LogP contribution in [0.2, 0.25) is 0 Å². The molecule has 0 aromatic heterocycles. The monoisotopic (exact) mass is 654 g/mol. The summed E-state index contributed by atoms with van der Waals surface area (Å²) in [5.74, 6) is -2.82. The number of rotatable bonds is 4. The maximum absolute atomic E-state index is 14.1. The molecule has 4 heterocycles. The summed E-state index contributed by atoms with van der Waals surface area (Å²) in [7, 11) is 0. The number of benzene rings is 2. The van der Waals surface area contributed by atoms with Crippen LogP contribution in [0.15, 0.2) is 72.8 Å². The van der Waals surface area contributed by atoms with Gasteiger partial charge in [0, 0.05) is 25.9 Å². The van der Waals surface area contributed by atoms with Crippen molar-refractivity contribution in [2.45, 2.75) is 87.6 Å². The summed E-state index contributed by atoms with van der Waals surface area (Å²) < 4.78 is 0. The fraction of sp³-hybridized carbons (Fsp3) is 0.444. The summed E-state index contributed by atoms with van der Waals surface area (Å²) >= 11 is 0. The molecule has 2 aromatic carbocycles. The molecule has 2 aromatic rings. The van der Waals surface area contributed by atoms with Crippen molar-refractivity contribution in [1.29, 1.82) is 0 Å². The Morgan fingerprint density at radius 3 is 1.31 bits per heavy atom. The molecule has 2 saturated heterocycles. The molecule has 4 N–H and O–H groups in total. The molecule has 0 radical (unpaired) electrons. The third-order valence-electron chi connectivity index (χ3n) is 9.65. The number of hydrogen-bond acceptors (Lipinski definition) is 6. The lowest BCUT2D eigenvalue weighted by atomic mass is 10.0. The lowest BCUT2D eigenvalue weighted by Gasteiger charge is -2.33. The number of nitrogens with zero attached hydrogens (tertiary/aromatic N) is 2. The molecule has 2 fully saturated rings.